The number of phosphoric acid groups is 4. The Bertz CT molecular complexity index is 305. The van der Waals surface area contributed by atoms with Crippen LogP contribution < -0.4 is 161 Å². The van der Waals surface area contributed by atoms with Crippen LogP contribution >= 0.6 is 31.3 Å². The minimum Gasteiger partial charge on any atom is -0.822 e. The summed E-state index contributed by atoms with van der Waals surface area (Å²) in [6.07, 6.45) is 0. The van der Waals surface area contributed by atoms with Crippen molar-refractivity contribution in [2.24, 2.45) is 0 Å². The Labute approximate surface area is 263 Å². The Balaban J connectivity index is -0.0000000183. The summed E-state index contributed by atoms with van der Waals surface area (Å²) in [6, 6.07) is 0. The second kappa shape index (κ2) is 27.6. The van der Waals surface area contributed by atoms with Crippen molar-refractivity contribution in [3.8, 4) is 0 Å². The molecule has 0 saturated heterocycles. The van der Waals surface area contributed by atoms with E-state index in [1.165, 1.54) is 0 Å². The van der Waals surface area contributed by atoms with Crippen LogP contribution in [-0.4, -0.2) is 0 Å². The van der Waals surface area contributed by atoms with Crippen LogP contribution in [0.1, 0.15) is 0 Å². The van der Waals surface area contributed by atoms with Gasteiger partial charge in [0.2, 0.25) is 0 Å². The van der Waals surface area contributed by atoms with E-state index in [4.69, 9.17) is 77.0 Å². The molecule has 0 aliphatic carbocycles. The van der Waals surface area contributed by atoms with E-state index < -0.39 is 31.3 Å². The van der Waals surface area contributed by atoms with Crippen molar-refractivity contribution in [3.63, 3.8) is 0 Å². The third kappa shape index (κ3) is 724. The second-order valence-electron chi connectivity index (χ2n) is 1.79. The van der Waals surface area contributed by atoms with E-state index in [1.54, 1.807) is 0 Å². The quantitative estimate of drug-likeness (QED) is 0.172. The maximum Gasteiger partial charge on any atom is 5.00 e. The molecular weight excluding hydrogens is 656 g/mol. The zero-order valence-electron chi connectivity index (χ0n) is 11.6. The molecule has 0 atom stereocenters. The molecule has 0 spiro atoms. The molecule has 25 heavy (non-hydrogen) atoms. The molecular formula is K2MoO16P4V2. The van der Waals surface area contributed by atoms with Gasteiger partial charge in [0.1, 0.15) is 0 Å². The van der Waals surface area contributed by atoms with Gasteiger partial charge in [0.05, 0.1) is 0 Å². The molecule has 0 aromatic carbocycles. The molecule has 0 saturated carbocycles. The minimum atomic E-state index is -5.39. The van der Waals surface area contributed by atoms with Crippen LogP contribution in [0.15, 0.2) is 0 Å². The van der Waals surface area contributed by atoms with Crippen LogP contribution in [0, 0.1) is 0 Å². The summed E-state index contributed by atoms with van der Waals surface area (Å²) in [4.78, 5) is 103. The molecule has 0 rings (SSSR count). The van der Waals surface area contributed by atoms with Crippen molar-refractivity contribution in [1.29, 1.82) is 0 Å². The average molecular weight is 656 g/mol. The van der Waals surface area contributed by atoms with Gasteiger partial charge in [0, 0.05) is 21.1 Å². The molecule has 134 valence electrons. The molecule has 0 amide bonds. The predicted octanol–water partition coefficient (Wildman–Crippen LogP) is -17.3. The fraction of sp³-hybridized carbons (Fsp3) is 0. The normalized spacial score (nSPS) is 9.44. The van der Waals surface area contributed by atoms with Gasteiger partial charge in [-0.3, -0.25) is 0 Å². The summed E-state index contributed by atoms with van der Waals surface area (Å²) in [7, 11) is -21.6. The van der Waals surface area contributed by atoms with Crippen LogP contribution in [0.5, 0.6) is 0 Å². The van der Waals surface area contributed by atoms with Crippen molar-refractivity contribution < 1.29 is 238 Å². The standard InChI is InChI=1S/2K.Mo.4H3O4P.2V/c;;;4*1-5(2,3)4;;/h;;;4*(H3,1,2,3,4);;/q2*+1;;;;;;2*+5/p-12. The summed E-state index contributed by atoms with van der Waals surface area (Å²) in [5, 5.41) is 0. The van der Waals surface area contributed by atoms with Crippen LogP contribution in [0.4, 0.5) is 0 Å². The van der Waals surface area contributed by atoms with Crippen LogP contribution in [0.2, 0.25) is 0 Å². The molecule has 0 N–H and O–H groups in total. The topological polar surface area (TPSA) is 345 Å². The number of hydrogen-bond donors (Lipinski definition) is 0. The first-order valence-electron chi connectivity index (χ1n) is 2.92. The molecule has 0 bridgehead atoms. The van der Waals surface area contributed by atoms with Gasteiger partial charge in [-0.2, -0.15) is 31.3 Å². The molecule has 0 aliphatic heterocycles. The Kier molecular flexibility index (Phi) is 63.4. The monoisotopic (exact) mass is 658 g/mol. The van der Waals surface area contributed by atoms with Crippen molar-refractivity contribution in [1.82, 2.24) is 0 Å². The van der Waals surface area contributed by atoms with E-state index in [0.717, 1.165) is 0 Å². The van der Waals surface area contributed by atoms with Gasteiger partial charge in [-0.1, -0.05) is 0 Å². The summed E-state index contributed by atoms with van der Waals surface area (Å²) in [5.41, 5.74) is 0. The van der Waals surface area contributed by atoms with E-state index in [-0.39, 0.29) is 161 Å². The Morgan fingerprint density at radius 2 is 0.360 bits per heavy atom. The first-order valence-corrected chi connectivity index (χ1v) is 8.76. The van der Waals surface area contributed by atoms with Gasteiger partial charge >= 0.3 is 140 Å². The van der Waals surface area contributed by atoms with Gasteiger partial charge in [-0.25, -0.2) is 0 Å². The fourth-order valence-corrected chi connectivity index (χ4v) is 0. The molecule has 25 heteroatoms. The van der Waals surface area contributed by atoms with Gasteiger partial charge in [0.25, 0.3) is 0 Å². The first-order chi connectivity index (χ1) is 8.00. The van der Waals surface area contributed by atoms with E-state index in [1.807, 2.05) is 0 Å². The van der Waals surface area contributed by atoms with Crippen LogP contribution in [-0.2, 0) is 76.4 Å². The average Bonchev–Trinajstić information content (AvgIpc) is 1.62. The van der Waals surface area contributed by atoms with Crippen LogP contribution in [0.3, 0.4) is 0 Å². The summed E-state index contributed by atoms with van der Waals surface area (Å²) < 4.78 is 34.2. The Morgan fingerprint density at radius 3 is 0.360 bits per heavy atom. The molecule has 16 nitrogen and oxygen atoms in total. The smallest absolute Gasteiger partial charge is 0.822 e. The SMILES string of the molecule is O=P([O-])([O-])[O-].O=P([O-])([O-])[O-].O=P([O-])([O-])[O-].O=P([O-])([O-])[O-].[K+].[K+].[Mo].[V+5].[V+5]. The van der Waals surface area contributed by atoms with E-state index >= 15 is 0 Å². The third-order valence-electron chi connectivity index (χ3n) is 0. The Hall–Kier alpha value is 5.57. The summed E-state index contributed by atoms with van der Waals surface area (Å²) in [5.74, 6) is 0. The number of rotatable bonds is 0. The summed E-state index contributed by atoms with van der Waals surface area (Å²) in [6.45, 7) is 0. The second-order valence-corrected chi connectivity index (χ2v) is 5.37. The maximum absolute atomic E-state index is 8.55. The zero-order chi connectivity index (χ0) is 18.0. The summed E-state index contributed by atoms with van der Waals surface area (Å²) >= 11 is 0. The molecule has 0 aromatic rings. The molecule has 0 aromatic heterocycles. The zero-order valence-corrected chi connectivity index (χ0v) is 26.2. The van der Waals surface area contributed by atoms with Crippen molar-refractivity contribution >= 4 is 31.3 Å². The molecule has 0 heterocycles. The van der Waals surface area contributed by atoms with E-state index in [2.05, 4.69) is 0 Å². The van der Waals surface area contributed by atoms with Gasteiger partial charge in [0.15, 0.2) is 0 Å². The predicted molar refractivity (Wildman–Crippen MR) is 30.4 cm³/mol. The van der Waals surface area contributed by atoms with Crippen molar-refractivity contribution in [2.75, 3.05) is 0 Å². The van der Waals surface area contributed by atoms with Gasteiger partial charge < -0.3 is 77.0 Å². The van der Waals surface area contributed by atoms with Crippen molar-refractivity contribution in [2.45, 2.75) is 0 Å². The van der Waals surface area contributed by atoms with Gasteiger partial charge in [-0.15, -0.1) is 0 Å². The van der Waals surface area contributed by atoms with E-state index in [0.29, 0.717) is 0 Å². The molecule has 0 unspecified atom stereocenters. The Morgan fingerprint density at radius 1 is 0.360 bits per heavy atom. The molecule has 0 radical (unpaired) electrons. The third-order valence-corrected chi connectivity index (χ3v) is 0. The fourth-order valence-electron chi connectivity index (χ4n) is 0. The van der Waals surface area contributed by atoms with E-state index in [9.17, 15) is 0 Å². The van der Waals surface area contributed by atoms with Crippen molar-refractivity contribution in [3.05, 3.63) is 0 Å². The first kappa shape index (κ1) is 57.5. The molecule has 0 fully saturated rings. The minimum absolute atomic E-state index is 0. The van der Waals surface area contributed by atoms with Crippen LogP contribution in [0.25, 0.3) is 0 Å². The maximum atomic E-state index is 8.55. The van der Waals surface area contributed by atoms with Gasteiger partial charge in [-0.05, 0) is 0 Å². The number of hydrogen-bond acceptors (Lipinski definition) is 16. The molecule has 0 aliphatic rings. The largest absolute Gasteiger partial charge is 5.00 e.